The van der Waals surface area contributed by atoms with Gasteiger partial charge in [-0.15, -0.1) is 0 Å². The monoisotopic (exact) mass is 1420 g/mol. The zero-order valence-corrected chi connectivity index (χ0v) is 65.0. The van der Waals surface area contributed by atoms with E-state index in [9.17, 15) is 43.2 Å². The average molecular weight is 1420 g/mol. The Balaban J connectivity index is 5.24. The van der Waals surface area contributed by atoms with Gasteiger partial charge in [-0.05, 0) is 31.6 Å². The molecule has 0 radical (unpaired) electrons. The van der Waals surface area contributed by atoms with Crippen molar-refractivity contribution in [1.82, 2.24) is 0 Å². The Kier molecular flexibility index (Phi) is 69.6. The van der Waals surface area contributed by atoms with E-state index >= 15 is 0 Å². The lowest BCUT2D eigenvalue weighted by Crippen LogP contribution is -2.30. The molecule has 0 aromatic heterocycles. The van der Waals surface area contributed by atoms with Crippen LogP contribution in [0.25, 0.3) is 0 Å². The summed E-state index contributed by atoms with van der Waals surface area (Å²) in [6.45, 7) is 7.28. The number of carbonyl (C=O) groups is 4. The third-order valence-corrected chi connectivity index (χ3v) is 20.2. The summed E-state index contributed by atoms with van der Waals surface area (Å²) in [5.74, 6) is -1.38. The Morgan fingerprint density at radius 3 is 0.701 bits per heavy atom. The van der Waals surface area contributed by atoms with E-state index in [2.05, 4.69) is 34.6 Å². The van der Waals surface area contributed by atoms with E-state index in [1.807, 2.05) is 0 Å². The van der Waals surface area contributed by atoms with Gasteiger partial charge < -0.3 is 33.8 Å². The Morgan fingerprint density at radius 2 is 0.474 bits per heavy atom. The van der Waals surface area contributed by atoms with Crippen LogP contribution in [0.15, 0.2) is 0 Å². The highest BCUT2D eigenvalue weighted by molar-refractivity contribution is 7.47. The lowest BCUT2D eigenvalue weighted by molar-refractivity contribution is -0.161. The molecule has 0 saturated carbocycles. The summed E-state index contributed by atoms with van der Waals surface area (Å²) in [7, 11) is -9.91. The van der Waals surface area contributed by atoms with E-state index < -0.39 is 97.5 Å². The first-order valence-corrected chi connectivity index (χ1v) is 43.6. The number of phosphoric acid groups is 2. The molecule has 19 heteroatoms. The number of esters is 4. The minimum absolute atomic E-state index is 0.107. The maximum Gasteiger partial charge on any atom is 0.472 e. The second-order valence-electron chi connectivity index (χ2n) is 28.6. The maximum absolute atomic E-state index is 13.1. The van der Waals surface area contributed by atoms with Crippen molar-refractivity contribution in [3.05, 3.63) is 0 Å². The quantitative estimate of drug-likeness (QED) is 0.0222. The minimum Gasteiger partial charge on any atom is -0.462 e. The van der Waals surface area contributed by atoms with E-state index in [1.54, 1.807) is 0 Å². The van der Waals surface area contributed by atoms with Gasteiger partial charge in [0.05, 0.1) is 26.4 Å². The molecular weight excluding hydrogens is 1270 g/mol. The normalized spacial score (nSPS) is 13.9. The number of unbranched alkanes of at least 4 members (excludes halogenated alkanes) is 50. The number of aliphatic hydroxyl groups excluding tert-OH is 1. The number of ether oxygens (including phenoxy) is 4. The maximum atomic E-state index is 13.1. The van der Waals surface area contributed by atoms with Crippen LogP contribution in [0.1, 0.15) is 413 Å². The van der Waals surface area contributed by atoms with Gasteiger partial charge in [0.2, 0.25) is 0 Å². The van der Waals surface area contributed by atoms with E-state index in [1.165, 1.54) is 238 Å². The molecule has 17 nitrogen and oxygen atoms in total. The number of hydrogen-bond acceptors (Lipinski definition) is 15. The molecule has 0 aliphatic rings. The highest BCUT2D eigenvalue weighted by Crippen LogP contribution is 2.45. The van der Waals surface area contributed by atoms with Crippen molar-refractivity contribution in [2.45, 2.75) is 432 Å². The van der Waals surface area contributed by atoms with E-state index in [-0.39, 0.29) is 25.7 Å². The van der Waals surface area contributed by atoms with E-state index in [0.29, 0.717) is 25.7 Å². The van der Waals surface area contributed by atoms with Gasteiger partial charge in [-0.25, -0.2) is 9.13 Å². The van der Waals surface area contributed by atoms with Crippen molar-refractivity contribution >= 4 is 39.5 Å². The Hall–Kier alpha value is -1.94. The molecule has 0 amide bonds. The topological polar surface area (TPSA) is 237 Å². The highest BCUT2D eigenvalue weighted by Gasteiger charge is 2.30. The average Bonchev–Trinajstić information content (AvgIpc) is 1.20. The lowest BCUT2D eigenvalue weighted by Gasteiger charge is -2.21. The predicted molar refractivity (Wildman–Crippen MR) is 395 cm³/mol. The fourth-order valence-electron chi connectivity index (χ4n) is 12.1. The molecule has 3 N–H and O–H groups in total. The molecule has 0 bridgehead atoms. The first-order valence-electron chi connectivity index (χ1n) is 40.6. The van der Waals surface area contributed by atoms with Gasteiger partial charge in [-0.1, -0.05) is 362 Å². The van der Waals surface area contributed by atoms with Gasteiger partial charge >= 0.3 is 39.5 Å². The van der Waals surface area contributed by atoms with E-state index in [4.69, 9.17) is 37.0 Å². The number of carbonyl (C=O) groups excluding carboxylic acids is 4. The Labute approximate surface area is 594 Å². The molecular formula is C78H152O17P2. The summed E-state index contributed by atoms with van der Waals surface area (Å²) in [6, 6.07) is 0. The van der Waals surface area contributed by atoms with Gasteiger partial charge in [0.25, 0.3) is 0 Å². The fraction of sp³-hybridized carbons (Fsp3) is 0.949. The molecule has 0 saturated heterocycles. The van der Waals surface area contributed by atoms with Crippen molar-refractivity contribution in [3.8, 4) is 0 Å². The van der Waals surface area contributed by atoms with E-state index in [0.717, 1.165) is 95.8 Å². The zero-order chi connectivity index (χ0) is 71.2. The van der Waals surface area contributed by atoms with Crippen LogP contribution in [0.3, 0.4) is 0 Å². The van der Waals surface area contributed by atoms with Crippen molar-refractivity contribution in [2.24, 2.45) is 5.92 Å². The number of rotatable bonds is 78. The first-order chi connectivity index (χ1) is 47.0. The molecule has 2 unspecified atom stereocenters. The van der Waals surface area contributed by atoms with Crippen molar-refractivity contribution in [3.63, 3.8) is 0 Å². The molecule has 0 aliphatic carbocycles. The number of phosphoric ester groups is 2. The summed E-state index contributed by atoms with van der Waals surface area (Å²) < 4.78 is 68.6. The molecule has 0 fully saturated rings. The highest BCUT2D eigenvalue weighted by atomic mass is 31.2. The minimum atomic E-state index is -4.96. The molecule has 0 heterocycles. The molecule has 97 heavy (non-hydrogen) atoms. The lowest BCUT2D eigenvalue weighted by atomic mass is 10.0. The first kappa shape index (κ1) is 95.1. The molecule has 5 atom stereocenters. The summed E-state index contributed by atoms with van der Waals surface area (Å²) >= 11 is 0. The van der Waals surface area contributed by atoms with Gasteiger partial charge in [0.15, 0.2) is 12.2 Å². The van der Waals surface area contributed by atoms with Crippen LogP contribution in [0.4, 0.5) is 0 Å². The van der Waals surface area contributed by atoms with Crippen LogP contribution < -0.4 is 0 Å². The van der Waals surface area contributed by atoms with Crippen LogP contribution in [0.2, 0.25) is 0 Å². The van der Waals surface area contributed by atoms with Crippen molar-refractivity contribution < 1.29 is 80.2 Å². The summed E-state index contributed by atoms with van der Waals surface area (Å²) in [4.78, 5) is 72.9. The summed E-state index contributed by atoms with van der Waals surface area (Å²) in [6.07, 6.45) is 61.0. The second-order valence-corrected chi connectivity index (χ2v) is 31.5. The smallest absolute Gasteiger partial charge is 0.462 e. The van der Waals surface area contributed by atoms with Crippen molar-refractivity contribution in [1.29, 1.82) is 0 Å². The summed E-state index contributed by atoms with van der Waals surface area (Å²) in [5.41, 5.74) is 0. The molecule has 0 aromatic carbocycles. The van der Waals surface area contributed by atoms with Gasteiger partial charge in [-0.2, -0.15) is 0 Å². The second kappa shape index (κ2) is 71.1. The molecule has 0 spiro atoms. The van der Waals surface area contributed by atoms with Crippen molar-refractivity contribution in [2.75, 3.05) is 39.6 Å². The van der Waals surface area contributed by atoms with Gasteiger partial charge in [0, 0.05) is 25.7 Å². The fourth-order valence-corrected chi connectivity index (χ4v) is 13.6. The molecule has 0 aliphatic heterocycles. The summed E-state index contributed by atoms with van der Waals surface area (Å²) in [5, 5.41) is 10.6. The van der Waals surface area contributed by atoms with Gasteiger partial charge in [0.1, 0.15) is 19.3 Å². The Morgan fingerprint density at radius 1 is 0.278 bits per heavy atom. The van der Waals surface area contributed by atoms with Gasteiger partial charge in [-0.3, -0.25) is 37.3 Å². The van der Waals surface area contributed by atoms with Crippen LogP contribution in [0, 0.1) is 5.92 Å². The molecule has 576 valence electrons. The largest absolute Gasteiger partial charge is 0.472 e. The third-order valence-electron chi connectivity index (χ3n) is 18.3. The predicted octanol–water partition coefficient (Wildman–Crippen LogP) is 23.3. The van der Waals surface area contributed by atoms with Crippen LogP contribution in [0.5, 0.6) is 0 Å². The molecule has 0 rings (SSSR count). The zero-order valence-electron chi connectivity index (χ0n) is 63.2. The number of hydrogen-bond donors (Lipinski definition) is 3. The van der Waals surface area contributed by atoms with Crippen LogP contribution >= 0.6 is 15.6 Å². The third kappa shape index (κ3) is 72.2. The van der Waals surface area contributed by atoms with Crippen LogP contribution in [-0.4, -0.2) is 96.7 Å². The number of aliphatic hydroxyl groups is 1. The van der Waals surface area contributed by atoms with Crippen LogP contribution in [-0.2, 0) is 65.4 Å². The Bertz CT molecular complexity index is 1860. The SMILES string of the molecule is CCCCCCCCCCCCCCCCCCCCCC(=O)O[C@H](COC(=O)CCCCCCCCCCCCCCCC)COP(=O)(O)OC[C@@H](O)COP(=O)(O)OC[C@@H](COC(=O)CCCCCCCCCCC(C)C)OC(=O)CCCCCCCCCCCCCCC. The molecule has 0 aromatic rings. The standard InChI is InChI=1S/C78H152O17P2/c1-6-9-12-15-18-21-24-27-29-30-31-32-33-36-39-42-49-54-59-64-78(83)94-73(67-88-75(80)61-56-51-46-40-37-35-28-25-22-19-16-13-10-7-2)69-92-96(84,85)90-65-72(79)66-91-97(86,87)93-70-74(68-89-76(81)62-57-52-47-44-43-45-50-55-60-71(4)5)95-77(82)63-58-53-48-41-38-34-26-23-20-17-14-11-8-3/h71-74,79H,6-70H2,1-5H3,(H,84,85)(H,86,87)/t72-,73-,74-/m1/s1.